The van der Waals surface area contributed by atoms with Crippen molar-refractivity contribution in [3.8, 4) is 16.5 Å². The molecule has 6 heteroatoms. The fourth-order valence-electron chi connectivity index (χ4n) is 1.97. The molecule has 0 atom stereocenters. The highest BCUT2D eigenvalue weighted by molar-refractivity contribution is 7.98. The van der Waals surface area contributed by atoms with Gasteiger partial charge in [0.05, 0.1) is 12.0 Å². The van der Waals surface area contributed by atoms with Crippen molar-refractivity contribution in [2.24, 2.45) is 7.05 Å². The molecule has 0 fully saturated rings. The molecule has 0 radical (unpaired) electrons. The monoisotopic (exact) mass is 317 g/mol. The van der Waals surface area contributed by atoms with Gasteiger partial charge in [0.1, 0.15) is 5.75 Å². The molecule has 0 unspecified atom stereocenters. The van der Waals surface area contributed by atoms with Gasteiger partial charge in [-0.15, -0.1) is 21.5 Å². The van der Waals surface area contributed by atoms with Crippen molar-refractivity contribution in [3.05, 3.63) is 47.3 Å². The molecular formula is C15H15N3OS2. The number of hydrogen-bond acceptors (Lipinski definition) is 5. The van der Waals surface area contributed by atoms with Crippen LogP contribution in [-0.4, -0.2) is 21.9 Å². The lowest BCUT2D eigenvalue weighted by Gasteiger charge is -2.04. The predicted octanol–water partition coefficient (Wildman–Crippen LogP) is 3.84. The minimum atomic E-state index is 0.841. The molecule has 108 valence electrons. The number of aromatic nitrogens is 3. The maximum atomic E-state index is 5.24. The van der Waals surface area contributed by atoms with Crippen molar-refractivity contribution in [1.82, 2.24) is 14.8 Å². The summed E-state index contributed by atoms with van der Waals surface area (Å²) in [6.45, 7) is 0. The number of hydrogen-bond donors (Lipinski definition) is 0. The van der Waals surface area contributed by atoms with E-state index in [0.717, 1.165) is 27.4 Å². The van der Waals surface area contributed by atoms with Gasteiger partial charge in [-0.05, 0) is 29.1 Å². The zero-order valence-corrected chi connectivity index (χ0v) is 13.4. The van der Waals surface area contributed by atoms with Crippen molar-refractivity contribution in [2.45, 2.75) is 10.9 Å². The van der Waals surface area contributed by atoms with Crippen LogP contribution in [0.3, 0.4) is 0 Å². The zero-order chi connectivity index (χ0) is 14.7. The number of thioether (sulfide) groups is 1. The third-order valence-electron chi connectivity index (χ3n) is 3.08. The molecule has 2 heterocycles. The Morgan fingerprint density at radius 3 is 2.90 bits per heavy atom. The molecule has 0 aliphatic rings. The summed E-state index contributed by atoms with van der Waals surface area (Å²) in [6, 6.07) is 12.2. The van der Waals surface area contributed by atoms with Gasteiger partial charge in [0, 0.05) is 12.8 Å². The van der Waals surface area contributed by atoms with E-state index in [4.69, 9.17) is 4.74 Å². The van der Waals surface area contributed by atoms with Crippen LogP contribution in [0.1, 0.15) is 5.56 Å². The van der Waals surface area contributed by atoms with Gasteiger partial charge in [-0.25, -0.2) is 0 Å². The van der Waals surface area contributed by atoms with Crippen molar-refractivity contribution >= 4 is 23.1 Å². The normalized spacial score (nSPS) is 10.8. The van der Waals surface area contributed by atoms with E-state index in [9.17, 15) is 0 Å². The molecule has 4 nitrogen and oxygen atoms in total. The zero-order valence-electron chi connectivity index (χ0n) is 11.8. The van der Waals surface area contributed by atoms with Crippen LogP contribution in [0.25, 0.3) is 10.7 Å². The summed E-state index contributed by atoms with van der Waals surface area (Å²) in [7, 11) is 3.69. The van der Waals surface area contributed by atoms with E-state index in [1.807, 2.05) is 41.3 Å². The van der Waals surface area contributed by atoms with Gasteiger partial charge in [-0.1, -0.05) is 30.0 Å². The first-order valence-electron chi connectivity index (χ1n) is 6.47. The second-order valence-electron chi connectivity index (χ2n) is 4.48. The minimum Gasteiger partial charge on any atom is -0.497 e. The van der Waals surface area contributed by atoms with E-state index in [1.54, 1.807) is 30.2 Å². The van der Waals surface area contributed by atoms with Gasteiger partial charge in [0.25, 0.3) is 0 Å². The Kier molecular flexibility index (Phi) is 4.26. The van der Waals surface area contributed by atoms with Crippen LogP contribution in [0.5, 0.6) is 5.75 Å². The largest absolute Gasteiger partial charge is 0.497 e. The van der Waals surface area contributed by atoms with Crippen LogP contribution in [0.4, 0.5) is 0 Å². The minimum absolute atomic E-state index is 0.841. The molecule has 3 aromatic rings. The molecule has 3 rings (SSSR count). The molecule has 0 aliphatic heterocycles. The van der Waals surface area contributed by atoms with Gasteiger partial charge < -0.3 is 9.30 Å². The van der Waals surface area contributed by atoms with E-state index < -0.39 is 0 Å². The quantitative estimate of drug-likeness (QED) is 0.670. The number of benzene rings is 1. The van der Waals surface area contributed by atoms with Crippen molar-refractivity contribution in [3.63, 3.8) is 0 Å². The van der Waals surface area contributed by atoms with Crippen LogP contribution >= 0.6 is 23.1 Å². The second-order valence-corrected chi connectivity index (χ2v) is 6.37. The maximum absolute atomic E-state index is 5.24. The lowest BCUT2D eigenvalue weighted by atomic mass is 10.2. The molecule has 0 saturated carbocycles. The second kappa shape index (κ2) is 6.32. The molecule has 0 bridgehead atoms. The molecule has 0 spiro atoms. The first-order chi connectivity index (χ1) is 10.3. The molecule has 0 saturated heterocycles. The van der Waals surface area contributed by atoms with Crippen LogP contribution < -0.4 is 4.74 Å². The summed E-state index contributed by atoms with van der Waals surface area (Å²) >= 11 is 3.35. The van der Waals surface area contributed by atoms with E-state index in [-0.39, 0.29) is 0 Å². The predicted molar refractivity (Wildman–Crippen MR) is 86.9 cm³/mol. The van der Waals surface area contributed by atoms with Gasteiger partial charge in [0.2, 0.25) is 0 Å². The average molecular weight is 317 g/mol. The first-order valence-corrected chi connectivity index (χ1v) is 8.33. The number of thiophene rings is 1. The number of ether oxygens (including phenoxy) is 1. The molecule has 0 amide bonds. The fourth-order valence-corrected chi connectivity index (χ4v) is 3.57. The van der Waals surface area contributed by atoms with Crippen LogP contribution in [0, 0.1) is 0 Å². The van der Waals surface area contributed by atoms with E-state index in [1.165, 1.54) is 5.56 Å². The Morgan fingerprint density at radius 2 is 2.14 bits per heavy atom. The highest BCUT2D eigenvalue weighted by Gasteiger charge is 2.12. The van der Waals surface area contributed by atoms with Crippen LogP contribution in [-0.2, 0) is 12.8 Å². The highest BCUT2D eigenvalue weighted by Crippen LogP contribution is 2.28. The SMILES string of the molecule is COc1cccc(CSc2nnc(-c3cccs3)n2C)c1. The third kappa shape index (κ3) is 3.11. The maximum Gasteiger partial charge on any atom is 0.191 e. The molecule has 1 aromatic carbocycles. The summed E-state index contributed by atoms with van der Waals surface area (Å²) in [5.74, 6) is 2.64. The van der Waals surface area contributed by atoms with Gasteiger partial charge in [-0.3, -0.25) is 0 Å². The van der Waals surface area contributed by atoms with E-state index >= 15 is 0 Å². The number of methoxy groups -OCH3 is 1. The standard InChI is InChI=1S/C15H15N3OS2/c1-18-14(13-7-4-8-20-13)16-17-15(18)21-10-11-5-3-6-12(9-11)19-2/h3-9H,10H2,1-2H3. The fraction of sp³-hybridized carbons (Fsp3) is 0.200. The van der Waals surface area contributed by atoms with Crippen molar-refractivity contribution in [2.75, 3.05) is 7.11 Å². The number of nitrogens with zero attached hydrogens (tertiary/aromatic N) is 3. The summed E-state index contributed by atoms with van der Waals surface area (Å²) in [5.41, 5.74) is 1.21. The Morgan fingerprint density at radius 1 is 1.24 bits per heavy atom. The van der Waals surface area contributed by atoms with Crippen molar-refractivity contribution in [1.29, 1.82) is 0 Å². The summed E-state index contributed by atoms with van der Waals surface area (Å²) in [6.07, 6.45) is 0. The summed E-state index contributed by atoms with van der Waals surface area (Å²) in [5, 5.41) is 11.5. The Bertz CT molecular complexity index is 722. The van der Waals surface area contributed by atoms with E-state index in [0.29, 0.717) is 0 Å². The third-order valence-corrected chi connectivity index (χ3v) is 5.04. The molecule has 21 heavy (non-hydrogen) atoms. The summed E-state index contributed by atoms with van der Waals surface area (Å²) < 4.78 is 7.28. The van der Waals surface area contributed by atoms with E-state index in [2.05, 4.69) is 22.3 Å². The van der Waals surface area contributed by atoms with Gasteiger partial charge in [-0.2, -0.15) is 0 Å². The van der Waals surface area contributed by atoms with Gasteiger partial charge in [0.15, 0.2) is 11.0 Å². The highest BCUT2D eigenvalue weighted by atomic mass is 32.2. The molecule has 0 N–H and O–H groups in total. The topological polar surface area (TPSA) is 39.9 Å². The first kappa shape index (κ1) is 14.2. The number of rotatable bonds is 5. The summed E-state index contributed by atoms with van der Waals surface area (Å²) in [4.78, 5) is 1.14. The Labute approximate surface area is 131 Å². The van der Waals surface area contributed by atoms with Crippen LogP contribution in [0.15, 0.2) is 46.9 Å². The lowest BCUT2D eigenvalue weighted by Crippen LogP contribution is -1.94. The van der Waals surface area contributed by atoms with Gasteiger partial charge >= 0.3 is 0 Å². The molecule has 2 aromatic heterocycles. The molecule has 0 aliphatic carbocycles. The average Bonchev–Trinajstić information content (AvgIpc) is 3.15. The Hall–Kier alpha value is -1.79. The smallest absolute Gasteiger partial charge is 0.191 e. The lowest BCUT2D eigenvalue weighted by molar-refractivity contribution is 0.414. The molecular weight excluding hydrogens is 302 g/mol. The van der Waals surface area contributed by atoms with Crippen LogP contribution in [0.2, 0.25) is 0 Å². The van der Waals surface area contributed by atoms with Crippen molar-refractivity contribution < 1.29 is 4.74 Å². The Balaban J connectivity index is 1.74.